The molecule has 3 aliphatic rings. The van der Waals surface area contributed by atoms with Gasteiger partial charge in [-0.05, 0) is 32.6 Å². The highest BCUT2D eigenvalue weighted by atomic mass is 16.5. The Kier molecular flexibility index (Phi) is 3.62. The van der Waals surface area contributed by atoms with Crippen molar-refractivity contribution in [3.63, 3.8) is 0 Å². The third-order valence-electron chi connectivity index (χ3n) is 6.77. The zero-order valence-corrected chi connectivity index (χ0v) is 15.7. The maximum atomic E-state index is 13.2. The van der Waals surface area contributed by atoms with Crippen LogP contribution in [0.25, 0.3) is 0 Å². The molecule has 5 atom stereocenters. The molecule has 0 amide bonds. The Balaban J connectivity index is 2.28. The van der Waals surface area contributed by atoms with E-state index in [1.807, 2.05) is 19.9 Å². The summed E-state index contributed by atoms with van der Waals surface area (Å²) >= 11 is 0. The highest BCUT2D eigenvalue weighted by Crippen LogP contribution is 2.63. The Bertz CT molecular complexity index is 707. The van der Waals surface area contributed by atoms with Crippen LogP contribution >= 0.6 is 0 Å². The first-order chi connectivity index (χ1) is 11.3. The molecule has 0 aromatic carbocycles. The molecule has 25 heavy (non-hydrogen) atoms. The Morgan fingerprint density at radius 3 is 2.36 bits per heavy atom. The third-order valence-corrected chi connectivity index (χ3v) is 6.77. The van der Waals surface area contributed by atoms with Gasteiger partial charge in [0.1, 0.15) is 11.7 Å². The summed E-state index contributed by atoms with van der Waals surface area (Å²) in [6.45, 7) is 12.6. The zero-order chi connectivity index (χ0) is 19.1. The molecule has 0 unspecified atom stereocenters. The second-order valence-corrected chi connectivity index (χ2v) is 9.11. The number of carbonyl (C=O) groups is 2. The van der Waals surface area contributed by atoms with Crippen LogP contribution in [0.15, 0.2) is 24.3 Å². The normalized spacial score (nSPS) is 49.1. The standard InChI is InChI=1S/C20H28O5/c1-7-17(4)11-14(22)20(24)18(5,25-17)9-8-13-16(2,3)10-12(21)15(23)19(13,20)6/h7-8,15,23-24H,1,9-11H2,2-6H3/t15-,17-,18+,19+,20+/m0/s1. The van der Waals surface area contributed by atoms with Gasteiger partial charge in [-0.1, -0.05) is 31.6 Å². The van der Waals surface area contributed by atoms with Crippen molar-refractivity contribution in [1.29, 1.82) is 0 Å². The van der Waals surface area contributed by atoms with Crippen molar-refractivity contribution in [2.45, 2.75) is 76.8 Å². The lowest BCUT2D eigenvalue weighted by Gasteiger charge is -2.65. The van der Waals surface area contributed by atoms with Gasteiger partial charge in [-0.25, -0.2) is 0 Å². The fourth-order valence-electron chi connectivity index (χ4n) is 5.49. The Morgan fingerprint density at radius 1 is 1.20 bits per heavy atom. The summed E-state index contributed by atoms with van der Waals surface area (Å²) in [5, 5.41) is 22.6. The first-order valence-corrected chi connectivity index (χ1v) is 8.79. The van der Waals surface area contributed by atoms with Gasteiger partial charge in [-0.3, -0.25) is 9.59 Å². The predicted octanol–water partition coefficient (Wildman–Crippen LogP) is 2.11. The van der Waals surface area contributed by atoms with Gasteiger partial charge in [-0.15, -0.1) is 6.58 Å². The lowest BCUT2D eigenvalue weighted by Crippen LogP contribution is -2.78. The van der Waals surface area contributed by atoms with Crippen LogP contribution in [-0.2, 0) is 14.3 Å². The van der Waals surface area contributed by atoms with Crippen molar-refractivity contribution in [1.82, 2.24) is 0 Å². The number of aliphatic hydroxyl groups excluding tert-OH is 1. The minimum atomic E-state index is -1.99. The number of hydrogen-bond acceptors (Lipinski definition) is 5. The van der Waals surface area contributed by atoms with Crippen molar-refractivity contribution >= 4 is 11.6 Å². The van der Waals surface area contributed by atoms with Crippen LogP contribution in [0.3, 0.4) is 0 Å². The average molecular weight is 348 g/mol. The van der Waals surface area contributed by atoms with E-state index in [1.54, 1.807) is 26.8 Å². The lowest BCUT2D eigenvalue weighted by atomic mass is 9.45. The van der Waals surface area contributed by atoms with E-state index >= 15 is 0 Å². The molecule has 0 radical (unpaired) electrons. The molecule has 1 saturated carbocycles. The number of ketones is 2. The number of hydrogen-bond donors (Lipinski definition) is 2. The summed E-state index contributed by atoms with van der Waals surface area (Å²) in [7, 11) is 0. The van der Waals surface area contributed by atoms with Crippen molar-refractivity contribution < 1.29 is 24.5 Å². The third kappa shape index (κ3) is 2.00. The summed E-state index contributed by atoms with van der Waals surface area (Å²) in [6, 6.07) is 0. The summed E-state index contributed by atoms with van der Waals surface area (Å²) < 4.78 is 6.20. The SMILES string of the molecule is C=C[C@@]1(C)CC(=O)[C@@]2(O)[C@@](C)(CC=C3C(C)(C)CC(=O)[C@H](O)[C@@]32C)O1. The number of rotatable bonds is 1. The molecule has 1 saturated heterocycles. The van der Waals surface area contributed by atoms with Crippen LogP contribution in [0.2, 0.25) is 0 Å². The van der Waals surface area contributed by atoms with Gasteiger partial charge in [0.05, 0.1) is 11.0 Å². The fourth-order valence-corrected chi connectivity index (χ4v) is 5.49. The maximum Gasteiger partial charge on any atom is 0.171 e. The molecular weight excluding hydrogens is 320 g/mol. The van der Waals surface area contributed by atoms with E-state index in [0.717, 1.165) is 5.57 Å². The summed E-state index contributed by atoms with van der Waals surface area (Å²) in [6.07, 6.45) is 2.52. The number of ether oxygens (including phenoxy) is 1. The molecule has 1 aliphatic heterocycles. The molecule has 0 spiro atoms. The van der Waals surface area contributed by atoms with Crippen molar-refractivity contribution in [3.8, 4) is 0 Å². The molecule has 1 heterocycles. The Hall–Kier alpha value is -1.30. The topological polar surface area (TPSA) is 83.8 Å². The molecule has 0 bridgehead atoms. The van der Waals surface area contributed by atoms with E-state index in [-0.39, 0.29) is 18.6 Å². The highest BCUT2D eigenvalue weighted by Gasteiger charge is 2.74. The van der Waals surface area contributed by atoms with E-state index in [9.17, 15) is 19.8 Å². The van der Waals surface area contributed by atoms with Crippen molar-refractivity contribution in [2.75, 3.05) is 0 Å². The molecule has 0 aromatic heterocycles. The number of fused-ring (bicyclic) bond motifs is 3. The van der Waals surface area contributed by atoms with Gasteiger partial charge in [-0.2, -0.15) is 0 Å². The Morgan fingerprint density at radius 2 is 1.80 bits per heavy atom. The summed E-state index contributed by atoms with van der Waals surface area (Å²) in [4.78, 5) is 25.8. The largest absolute Gasteiger partial charge is 0.384 e. The second kappa shape index (κ2) is 4.90. The van der Waals surface area contributed by atoms with Crippen LogP contribution in [0, 0.1) is 10.8 Å². The van der Waals surface area contributed by atoms with Crippen LogP contribution < -0.4 is 0 Å². The number of Topliss-reactive ketones (excluding diaryl/α,β-unsaturated/α-hetero) is 2. The first-order valence-electron chi connectivity index (χ1n) is 8.79. The smallest absolute Gasteiger partial charge is 0.171 e. The molecule has 138 valence electrons. The van der Waals surface area contributed by atoms with Gasteiger partial charge in [0.25, 0.3) is 0 Å². The van der Waals surface area contributed by atoms with Gasteiger partial charge < -0.3 is 14.9 Å². The number of carbonyl (C=O) groups excluding carboxylic acids is 2. The minimum absolute atomic E-state index is 0.0488. The van der Waals surface area contributed by atoms with Crippen LogP contribution in [0.5, 0.6) is 0 Å². The molecule has 2 N–H and O–H groups in total. The molecule has 5 nitrogen and oxygen atoms in total. The molecule has 0 aromatic rings. The maximum absolute atomic E-state index is 13.2. The van der Waals surface area contributed by atoms with E-state index in [2.05, 4.69) is 6.58 Å². The van der Waals surface area contributed by atoms with Crippen molar-refractivity contribution in [3.05, 3.63) is 24.3 Å². The monoisotopic (exact) mass is 348 g/mol. The average Bonchev–Trinajstić information content (AvgIpc) is 2.48. The predicted molar refractivity (Wildman–Crippen MR) is 92.9 cm³/mol. The van der Waals surface area contributed by atoms with E-state index in [4.69, 9.17) is 4.74 Å². The van der Waals surface area contributed by atoms with Crippen LogP contribution in [0.1, 0.15) is 53.9 Å². The molecular formula is C20H28O5. The molecule has 3 rings (SSSR count). The Labute approximate surface area is 148 Å². The van der Waals surface area contributed by atoms with Crippen LogP contribution in [-0.4, -0.2) is 44.7 Å². The molecule has 2 fully saturated rings. The zero-order valence-electron chi connectivity index (χ0n) is 15.7. The highest BCUT2D eigenvalue weighted by molar-refractivity contribution is 5.96. The van der Waals surface area contributed by atoms with Gasteiger partial charge in [0.2, 0.25) is 0 Å². The van der Waals surface area contributed by atoms with E-state index in [1.165, 1.54) is 0 Å². The van der Waals surface area contributed by atoms with Gasteiger partial charge in [0.15, 0.2) is 17.2 Å². The van der Waals surface area contributed by atoms with Gasteiger partial charge >= 0.3 is 0 Å². The van der Waals surface area contributed by atoms with E-state index in [0.29, 0.717) is 6.42 Å². The lowest BCUT2D eigenvalue weighted by molar-refractivity contribution is -0.279. The summed E-state index contributed by atoms with van der Waals surface area (Å²) in [5.41, 5.74) is -5.33. The van der Waals surface area contributed by atoms with Gasteiger partial charge in [0, 0.05) is 12.8 Å². The molecule has 5 heteroatoms. The first kappa shape index (κ1) is 18.5. The molecule has 2 aliphatic carbocycles. The van der Waals surface area contributed by atoms with Crippen LogP contribution in [0.4, 0.5) is 0 Å². The second-order valence-electron chi connectivity index (χ2n) is 9.11. The quantitative estimate of drug-likeness (QED) is 0.709. The minimum Gasteiger partial charge on any atom is -0.384 e. The summed E-state index contributed by atoms with van der Waals surface area (Å²) in [5.74, 6) is -0.770. The fraction of sp³-hybridized carbons (Fsp3) is 0.700. The van der Waals surface area contributed by atoms with Crippen molar-refractivity contribution in [2.24, 2.45) is 10.8 Å². The van der Waals surface area contributed by atoms with E-state index < -0.39 is 39.5 Å². The number of aliphatic hydroxyl groups is 2.